The normalized spacial score (nSPS) is 20.4. The summed E-state index contributed by atoms with van der Waals surface area (Å²) in [5.41, 5.74) is 1.36. The van der Waals surface area contributed by atoms with Crippen molar-refractivity contribution in [2.45, 2.75) is 38.8 Å². The lowest BCUT2D eigenvalue weighted by atomic mass is 9.95. The van der Waals surface area contributed by atoms with Crippen LogP contribution in [0.4, 0.5) is 4.39 Å². The van der Waals surface area contributed by atoms with Crippen molar-refractivity contribution < 1.29 is 14.0 Å². The largest absolute Gasteiger partial charge is 0.352 e. The maximum Gasteiger partial charge on any atom is 0.224 e. The molecule has 5 nitrogen and oxygen atoms in total. The van der Waals surface area contributed by atoms with Crippen molar-refractivity contribution in [1.29, 1.82) is 0 Å². The number of nitrogens with zero attached hydrogens (tertiary/aromatic N) is 1. The molecule has 1 aromatic carbocycles. The van der Waals surface area contributed by atoms with Crippen LogP contribution in [0, 0.1) is 18.7 Å². The maximum absolute atomic E-state index is 13.6. The fraction of sp³-hybridized carbons (Fsp3) is 0.600. The summed E-state index contributed by atoms with van der Waals surface area (Å²) < 4.78 is 13.6. The number of rotatable bonds is 5. The van der Waals surface area contributed by atoms with Gasteiger partial charge in [-0.3, -0.25) is 9.59 Å². The number of hydrogen-bond donors (Lipinski definition) is 2. The number of carbonyl (C=O) groups is 2. The van der Waals surface area contributed by atoms with E-state index in [0.29, 0.717) is 44.5 Å². The third-order valence-electron chi connectivity index (χ3n) is 5.34. The number of halogens is 2. The van der Waals surface area contributed by atoms with Gasteiger partial charge in [-0.25, -0.2) is 4.39 Å². The summed E-state index contributed by atoms with van der Waals surface area (Å²) in [5, 5.41) is 6.30. The second kappa shape index (κ2) is 11.0. The van der Waals surface area contributed by atoms with Crippen molar-refractivity contribution in [3.8, 4) is 0 Å². The molecular weight excluding hydrogens is 401 g/mol. The Balaban J connectivity index is 0.00000280. The van der Waals surface area contributed by atoms with Crippen molar-refractivity contribution in [1.82, 2.24) is 15.5 Å². The van der Waals surface area contributed by atoms with Crippen LogP contribution < -0.4 is 10.6 Å². The molecule has 2 aliphatic heterocycles. The van der Waals surface area contributed by atoms with Gasteiger partial charge in [0.2, 0.25) is 11.8 Å². The number of carbonyl (C=O) groups excluding carboxylic acids is 2. The van der Waals surface area contributed by atoms with Crippen molar-refractivity contribution in [3.63, 3.8) is 0 Å². The predicted molar refractivity (Wildman–Crippen MR) is 113 cm³/mol. The summed E-state index contributed by atoms with van der Waals surface area (Å²) in [6.07, 6.45) is 1.92. The molecule has 2 saturated heterocycles. The Bertz CT molecular complexity index is 677. The molecule has 0 saturated carbocycles. The number of piperidine rings is 1. The van der Waals surface area contributed by atoms with Crippen molar-refractivity contribution in [3.05, 3.63) is 35.1 Å². The zero-order valence-electron chi connectivity index (χ0n) is 16.2. The zero-order chi connectivity index (χ0) is 19.2. The highest BCUT2D eigenvalue weighted by molar-refractivity contribution is 7.99. The van der Waals surface area contributed by atoms with Gasteiger partial charge in [0.15, 0.2) is 0 Å². The molecule has 1 unspecified atom stereocenters. The Morgan fingerprint density at radius 2 is 2.07 bits per heavy atom. The van der Waals surface area contributed by atoms with Crippen LogP contribution in [0.2, 0.25) is 0 Å². The highest BCUT2D eigenvalue weighted by atomic mass is 35.5. The maximum atomic E-state index is 13.6. The molecule has 156 valence electrons. The van der Waals surface area contributed by atoms with E-state index in [1.807, 2.05) is 22.7 Å². The summed E-state index contributed by atoms with van der Waals surface area (Å²) in [6.45, 7) is 4.29. The molecule has 0 spiro atoms. The molecule has 0 bridgehead atoms. The number of nitrogens with one attached hydrogen (secondary N) is 2. The molecule has 3 rings (SSSR count). The van der Waals surface area contributed by atoms with E-state index >= 15 is 0 Å². The van der Waals surface area contributed by atoms with Gasteiger partial charge < -0.3 is 15.5 Å². The molecule has 2 N–H and O–H groups in total. The standard InChI is InChI=1S/C20H28FN3O2S.ClH/c1-14-2-3-15(10-18(14)21)12-23-20(26)16-4-7-24(8-5-16)19(25)11-17-13-27-9-6-22-17;/h2-3,10,16-17,22H,4-9,11-13H2,1H3,(H,23,26);1H. The first kappa shape index (κ1) is 23.0. The van der Waals surface area contributed by atoms with Crippen molar-refractivity contribution in [2.24, 2.45) is 5.92 Å². The van der Waals surface area contributed by atoms with E-state index in [2.05, 4.69) is 10.6 Å². The molecule has 0 radical (unpaired) electrons. The lowest BCUT2D eigenvalue weighted by Gasteiger charge is -2.33. The van der Waals surface area contributed by atoms with Gasteiger partial charge in [-0.15, -0.1) is 12.4 Å². The number of likely N-dealkylation sites (tertiary alicyclic amines) is 1. The quantitative estimate of drug-likeness (QED) is 0.755. The summed E-state index contributed by atoms with van der Waals surface area (Å²) >= 11 is 1.89. The van der Waals surface area contributed by atoms with Gasteiger partial charge in [-0.05, 0) is 37.0 Å². The number of benzene rings is 1. The fourth-order valence-corrected chi connectivity index (χ4v) is 4.51. The van der Waals surface area contributed by atoms with Crippen LogP contribution in [0.15, 0.2) is 18.2 Å². The minimum Gasteiger partial charge on any atom is -0.352 e. The summed E-state index contributed by atoms with van der Waals surface area (Å²) in [6, 6.07) is 5.29. The highest BCUT2D eigenvalue weighted by Gasteiger charge is 2.28. The summed E-state index contributed by atoms with van der Waals surface area (Å²) in [5.74, 6) is 1.95. The molecule has 28 heavy (non-hydrogen) atoms. The van der Waals surface area contributed by atoms with Crippen LogP contribution >= 0.6 is 24.2 Å². The SMILES string of the molecule is Cc1ccc(CNC(=O)C2CCN(C(=O)CC3CSCCN3)CC2)cc1F.Cl. The van der Waals surface area contributed by atoms with Crippen LogP contribution in [-0.4, -0.2) is 53.9 Å². The van der Waals surface area contributed by atoms with Gasteiger partial charge in [0, 0.05) is 56.1 Å². The Kier molecular flexibility index (Phi) is 9.05. The molecule has 0 aromatic heterocycles. The van der Waals surface area contributed by atoms with E-state index in [0.717, 1.165) is 23.6 Å². The molecule has 1 atom stereocenters. The highest BCUT2D eigenvalue weighted by Crippen LogP contribution is 2.20. The van der Waals surface area contributed by atoms with Gasteiger partial charge in [0.1, 0.15) is 5.82 Å². The monoisotopic (exact) mass is 429 g/mol. The zero-order valence-corrected chi connectivity index (χ0v) is 17.8. The number of thioether (sulfide) groups is 1. The third-order valence-corrected chi connectivity index (χ3v) is 6.47. The van der Waals surface area contributed by atoms with Crippen LogP contribution in [0.3, 0.4) is 0 Å². The minimum absolute atomic E-state index is 0. The number of aryl methyl sites for hydroxylation is 1. The smallest absolute Gasteiger partial charge is 0.224 e. The fourth-order valence-electron chi connectivity index (χ4n) is 3.56. The average Bonchev–Trinajstić information content (AvgIpc) is 2.69. The summed E-state index contributed by atoms with van der Waals surface area (Å²) in [4.78, 5) is 26.7. The van der Waals surface area contributed by atoms with E-state index in [1.54, 1.807) is 13.0 Å². The molecule has 2 fully saturated rings. The average molecular weight is 430 g/mol. The van der Waals surface area contributed by atoms with Crippen LogP contribution in [0.5, 0.6) is 0 Å². The molecule has 2 heterocycles. The number of hydrogen-bond acceptors (Lipinski definition) is 4. The van der Waals surface area contributed by atoms with E-state index < -0.39 is 0 Å². The molecular formula is C20H29ClFN3O2S. The van der Waals surface area contributed by atoms with E-state index in [1.165, 1.54) is 6.07 Å². The van der Waals surface area contributed by atoms with E-state index in [-0.39, 0.29) is 42.0 Å². The van der Waals surface area contributed by atoms with Crippen molar-refractivity contribution >= 4 is 36.0 Å². The minimum atomic E-state index is -0.251. The Morgan fingerprint density at radius 3 is 2.71 bits per heavy atom. The molecule has 2 aliphatic rings. The first-order valence-corrected chi connectivity index (χ1v) is 10.8. The van der Waals surface area contributed by atoms with Gasteiger partial charge in [-0.2, -0.15) is 11.8 Å². The Hall–Kier alpha value is -1.31. The third kappa shape index (κ3) is 6.36. The van der Waals surface area contributed by atoms with Gasteiger partial charge in [0.05, 0.1) is 0 Å². The molecule has 0 aliphatic carbocycles. The van der Waals surface area contributed by atoms with Crippen LogP contribution in [-0.2, 0) is 16.1 Å². The second-order valence-corrected chi connectivity index (χ2v) is 8.54. The Morgan fingerprint density at radius 1 is 1.32 bits per heavy atom. The Labute approximate surface area is 176 Å². The number of amides is 2. The van der Waals surface area contributed by atoms with Gasteiger partial charge >= 0.3 is 0 Å². The van der Waals surface area contributed by atoms with E-state index in [4.69, 9.17) is 0 Å². The summed E-state index contributed by atoms with van der Waals surface area (Å²) in [7, 11) is 0. The first-order chi connectivity index (χ1) is 13.0. The van der Waals surface area contributed by atoms with Crippen molar-refractivity contribution in [2.75, 3.05) is 31.1 Å². The lowest BCUT2D eigenvalue weighted by molar-refractivity contribution is -0.136. The predicted octanol–water partition coefficient (Wildman–Crippen LogP) is 2.51. The first-order valence-electron chi connectivity index (χ1n) is 9.64. The van der Waals surface area contributed by atoms with Gasteiger partial charge in [0.25, 0.3) is 0 Å². The van der Waals surface area contributed by atoms with Crippen LogP contribution in [0.1, 0.15) is 30.4 Å². The molecule has 2 amide bonds. The van der Waals surface area contributed by atoms with Crippen LogP contribution in [0.25, 0.3) is 0 Å². The molecule has 1 aromatic rings. The van der Waals surface area contributed by atoms with E-state index in [9.17, 15) is 14.0 Å². The second-order valence-electron chi connectivity index (χ2n) is 7.39. The topological polar surface area (TPSA) is 61.4 Å². The van der Waals surface area contributed by atoms with Gasteiger partial charge in [-0.1, -0.05) is 12.1 Å². The molecule has 8 heteroatoms. The lowest BCUT2D eigenvalue weighted by Crippen LogP contribution is -2.46.